The first kappa shape index (κ1) is 14.4. The van der Waals surface area contributed by atoms with Crippen molar-refractivity contribution in [2.75, 3.05) is 6.26 Å². The highest BCUT2D eigenvalue weighted by Crippen LogP contribution is 2.22. The SMILES string of the molecule is CC1(C)C(=O)NC(=O)N1Cc1ccnc(S(C)(=O)=O)n1. The Bertz CT molecular complexity index is 683. The molecule has 0 aromatic carbocycles. The molecule has 0 unspecified atom stereocenters. The highest BCUT2D eigenvalue weighted by atomic mass is 32.2. The lowest BCUT2D eigenvalue weighted by atomic mass is 10.0. The van der Waals surface area contributed by atoms with Crippen molar-refractivity contribution in [3.05, 3.63) is 18.0 Å². The summed E-state index contributed by atoms with van der Waals surface area (Å²) in [6.45, 7) is 3.23. The van der Waals surface area contributed by atoms with Crippen LogP contribution in [0, 0.1) is 0 Å². The second kappa shape index (κ2) is 4.51. The molecule has 3 amide bonds. The highest BCUT2D eigenvalue weighted by Gasteiger charge is 2.45. The van der Waals surface area contributed by atoms with E-state index in [4.69, 9.17) is 0 Å². The van der Waals surface area contributed by atoms with Gasteiger partial charge in [-0.25, -0.2) is 23.2 Å². The molecule has 0 spiro atoms. The Morgan fingerprint density at radius 1 is 1.35 bits per heavy atom. The average Bonchev–Trinajstić information content (AvgIpc) is 2.52. The van der Waals surface area contributed by atoms with Gasteiger partial charge in [-0.3, -0.25) is 10.1 Å². The van der Waals surface area contributed by atoms with Gasteiger partial charge in [-0.15, -0.1) is 0 Å². The summed E-state index contributed by atoms with van der Waals surface area (Å²) in [5, 5.41) is 1.90. The number of hydrogen-bond donors (Lipinski definition) is 1. The third-order valence-corrected chi connectivity index (χ3v) is 3.90. The predicted molar refractivity (Wildman–Crippen MR) is 68.3 cm³/mol. The molecule has 2 heterocycles. The van der Waals surface area contributed by atoms with Gasteiger partial charge in [0.05, 0.1) is 12.2 Å². The maximum absolute atomic E-state index is 11.7. The average molecular weight is 298 g/mol. The van der Waals surface area contributed by atoms with Gasteiger partial charge in [0.1, 0.15) is 5.54 Å². The topological polar surface area (TPSA) is 109 Å². The molecular weight excluding hydrogens is 284 g/mol. The summed E-state index contributed by atoms with van der Waals surface area (Å²) < 4.78 is 22.8. The predicted octanol–water partition coefficient (Wildman–Crippen LogP) is -0.290. The molecule has 8 nitrogen and oxygen atoms in total. The maximum atomic E-state index is 11.7. The minimum atomic E-state index is -3.52. The number of hydrogen-bond acceptors (Lipinski definition) is 6. The van der Waals surface area contributed by atoms with Gasteiger partial charge in [0, 0.05) is 12.5 Å². The summed E-state index contributed by atoms with van der Waals surface area (Å²) in [5.74, 6) is -0.403. The number of aromatic nitrogens is 2. The second-order valence-corrected chi connectivity index (χ2v) is 6.92. The third-order valence-electron chi connectivity index (χ3n) is 3.04. The van der Waals surface area contributed by atoms with E-state index >= 15 is 0 Å². The van der Waals surface area contributed by atoms with Crippen LogP contribution in [0.25, 0.3) is 0 Å². The Kier molecular flexibility index (Phi) is 3.24. The van der Waals surface area contributed by atoms with Crippen LogP contribution >= 0.6 is 0 Å². The van der Waals surface area contributed by atoms with Crippen molar-refractivity contribution in [2.45, 2.75) is 31.1 Å². The van der Waals surface area contributed by atoms with Crippen LogP contribution in [0.1, 0.15) is 19.5 Å². The lowest BCUT2D eigenvalue weighted by Gasteiger charge is -2.27. The van der Waals surface area contributed by atoms with Crippen LogP contribution in [0.2, 0.25) is 0 Å². The van der Waals surface area contributed by atoms with Crippen molar-refractivity contribution >= 4 is 21.8 Å². The van der Waals surface area contributed by atoms with E-state index in [0.717, 1.165) is 6.26 Å². The number of urea groups is 1. The van der Waals surface area contributed by atoms with Crippen molar-refractivity contribution in [1.82, 2.24) is 20.2 Å². The van der Waals surface area contributed by atoms with E-state index in [9.17, 15) is 18.0 Å². The summed E-state index contributed by atoms with van der Waals surface area (Å²) in [7, 11) is -3.52. The van der Waals surface area contributed by atoms with Crippen LogP contribution in [-0.2, 0) is 21.2 Å². The van der Waals surface area contributed by atoms with Gasteiger partial charge in [0.2, 0.25) is 15.0 Å². The molecule has 1 fully saturated rings. The molecule has 0 bridgehead atoms. The van der Waals surface area contributed by atoms with Gasteiger partial charge in [-0.1, -0.05) is 0 Å². The van der Waals surface area contributed by atoms with E-state index in [1.54, 1.807) is 13.8 Å². The first-order valence-corrected chi connectivity index (χ1v) is 7.66. The van der Waals surface area contributed by atoms with Gasteiger partial charge >= 0.3 is 6.03 Å². The maximum Gasteiger partial charge on any atom is 0.325 e. The number of carbonyl (C=O) groups is 2. The van der Waals surface area contributed by atoms with E-state index in [-0.39, 0.29) is 11.7 Å². The summed E-state index contributed by atoms with van der Waals surface area (Å²) in [6, 6.07) is 0.973. The summed E-state index contributed by atoms with van der Waals surface area (Å²) in [6.07, 6.45) is 2.31. The molecule has 2 rings (SSSR count). The zero-order valence-corrected chi connectivity index (χ0v) is 12.1. The quantitative estimate of drug-likeness (QED) is 0.606. The van der Waals surface area contributed by atoms with E-state index in [1.807, 2.05) is 0 Å². The summed E-state index contributed by atoms with van der Waals surface area (Å²) in [4.78, 5) is 32.2. The minimum absolute atomic E-state index is 0.0234. The second-order valence-electron chi connectivity index (χ2n) is 5.01. The van der Waals surface area contributed by atoms with E-state index < -0.39 is 27.3 Å². The van der Waals surface area contributed by atoms with E-state index in [0.29, 0.717) is 5.69 Å². The van der Waals surface area contributed by atoms with Crippen molar-refractivity contribution in [3.63, 3.8) is 0 Å². The first-order chi connectivity index (χ1) is 9.12. The van der Waals surface area contributed by atoms with E-state index in [1.165, 1.54) is 17.2 Å². The Morgan fingerprint density at radius 2 is 2.00 bits per heavy atom. The molecular formula is C11H14N4O4S. The normalized spacial score (nSPS) is 18.2. The number of rotatable bonds is 3. The number of carbonyl (C=O) groups excluding carboxylic acids is 2. The lowest BCUT2D eigenvalue weighted by molar-refractivity contribution is -0.125. The molecule has 0 atom stereocenters. The molecule has 0 radical (unpaired) electrons. The first-order valence-electron chi connectivity index (χ1n) is 5.77. The fourth-order valence-electron chi connectivity index (χ4n) is 1.77. The summed E-state index contributed by atoms with van der Waals surface area (Å²) >= 11 is 0. The van der Waals surface area contributed by atoms with Crippen LogP contribution < -0.4 is 5.32 Å². The molecule has 1 aliphatic rings. The van der Waals surface area contributed by atoms with Gasteiger partial charge in [0.15, 0.2) is 0 Å². The monoisotopic (exact) mass is 298 g/mol. The lowest BCUT2D eigenvalue weighted by Crippen LogP contribution is -2.43. The smallest absolute Gasteiger partial charge is 0.304 e. The number of nitrogens with zero attached hydrogens (tertiary/aromatic N) is 3. The van der Waals surface area contributed by atoms with Crippen LogP contribution in [0.15, 0.2) is 17.4 Å². The molecule has 9 heteroatoms. The molecule has 20 heavy (non-hydrogen) atoms. The van der Waals surface area contributed by atoms with Gasteiger partial charge in [-0.2, -0.15) is 0 Å². The van der Waals surface area contributed by atoms with Crippen LogP contribution in [0.5, 0.6) is 0 Å². The molecule has 1 aliphatic heterocycles. The summed E-state index contributed by atoms with van der Waals surface area (Å²) in [5.41, 5.74) is -0.661. The number of sulfone groups is 1. The minimum Gasteiger partial charge on any atom is -0.304 e. The Morgan fingerprint density at radius 3 is 2.50 bits per heavy atom. The van der Waals surface area contributed by atoms with Crippen molar-refractivity contribution in [2.24, 2.45) is 0 Å². The number of nitrogens with one attached hydrogen (secondary N) is 1. The molecule has 108 valence electrons. The fraction of sp³-hybridized carbons (Fsp3) is 0.455. The number of amides is 3. The molecule has 1 saturated heterocycles. The molecule has 0 saturated carbocycles. The van der Waals surface area contributed by atoms with Crippen LogP contribution in [0.4, 0.5) is 4.79 Å². The van der Waals surface area contributed by atoms with Gasteiger partial charge in [0.25, 0.3) is 5.91 Å². The Balaban J connectivity index is 2.31. The molecule has 1 aromatic rings. The zero-order valence-electron chi connectivity index (χ0n) is 11.2. The molecule has 0 aliphatic carbocycles. The zero-order chi connectivity index (χ0) is 15.1. The van der Waals surface area contributed by atoms with Gasteiger partial charge < -0.3 is 4.90 Å². The van der Waals surface area contributed by atoms with Crippen LogP contribution in [-0.4, -0.2) is 47.0 Å². The highest BCUT2D eigenvalue weighted by molar-refractivity contribution is 7.90. The van der Waals surface area contributed by atoms with Gasteiger partial charge in [-0.05, 0) is 19.9 Å². The fourth-order valence-corrected chi connectivity index (χ4v) is 2.30. The van der Waals surface area contributed by atoms with Crippen LogP contribution in [0.3, 0.4) is 0 Å². The van der Waals surface area contributed by atoms with E-state index in [2.05, 4.69) is 15.3 Å². The van der Waals surface area contributed by atoms with Crippen molar-refractivity contribution in [1.29, 1.82) is 0 Å². The standard InChI is InChI=1S/C11H14N4O4S/c1-11(2)8(16)14-10(17)15(11)6-7-4-5-12-9(13-7)20(3,18)19/h4-5H,6H2,1-3H3,(H,14,16,17). The largest absolute Gasteiger partial charge is 0.325 e. The molecule has 1 aromatic heterocycles. The Labute approximate surface area is 116 Å². The third kappa shape index (κ3) is 2.48. The van der Waals surface area contributed by atoms with Crippen molar-refractivity contribution in [3.8, 4) is 0 Å². The van der Waals surface area contributed by atoms with Crippen molar-refractivity contribution < 1.29 is 18.0 Å². The molecule has 1 N–H and O–H groups in total. The number of imide groups is 1. The Hall–Kier alpha value is -2.03.